The molecule has 2 aromatic rings. The molecule has 0 bridgehead atoms. The van der Waals surface area contributed by atoms with Crippen LogP contribution in [0.2, 0.25) is 0 Å². The lowest BCUT2D eigenvalue weighted by atomic mass is 10.2. The molecule has 27 heavy (non-hydrogen) atoms. The molecule has 1 N–H and O–H groups in total. The Hall–Kier alpha value is -2.86. The van der Waals surface area contributed by atoms with Crippen molar-refractivity contribution in [2.75, 3.05) is 38.5 Å². The van der Waals surface area contributed by atoms with E-state index in [0.717, 1.165) is 31.9 Å². The first-order valence-corrected chi connectivity index (χ1v) is 9.19. The topological polar surface area (TPSA) is 61.9 Å². The average Bonchev–Trinajstić information content (AvgIpc) is 2.69. The van der Waals surface area contributed by atoms with E-state index in [1.165, 1.54) is 0 Å². The number of hydrogen-bond donors (Lipinski definition) is 1. The first-order valence-electron chi connectivity index (χ1n) is 9.19. The molecule has 3 rings (SSSR count). The van der Waals surface area contributed by atoms with E-state index in [4.69, 9.17) is 4.74 Å². The van der Waals surface area contributed by atoms with Crippen LogP contribution < -0.4 is 10.1 Å². The van der Waals surface area contributed by atoms with E-state index in [1.807, 2.05) is 42.3 Å². The van der Waals surface area contributed by atoms with Crippen LogP contribution in [-0.4, -0.2) is 54.8 Å². The van der Waals surface area contributed by atoms with Crippen LogP contribution in [0.3, 0.4) is 0 Å². The predicted octanol–water partition coefficient (Wildman–Crippen LogP) is 2.97. The fourth-order valence-corrected chi connectivity index (χ4v) is 2.89. The third-order valence-electron chi connectivity index (χ3n) is 4.54. The van der Waals surface area contributed by atoms with E-state index < -0.39 is 0 Å². The highest BCUT2D eigenvalue weighted by Crippen LogP contribution is 2.22. The molecule has 2 amide bonds. The number of anilines is 1. The van der Waals surface area contributed by atoms with Gasteiger partial charge < -0.3 is 19.9 Å². The van der Waals surface area contributed by atoms with Gasteiger partial charge in [0.1, 0.15) is 11.5 Å². The summed E-state index contributed by atoms with van der Waals surface area (Å²) < 4.78 is 5.73. The molecule has 0 spiro atoms. The lowest BCUT2D eigenvalue weighted by Crippen LogP contribution is -2.47. The maximum atomic E-state index is 12.2. The van der Waals surface area contributed by atoms with Crippen molar-refractivity contribution in [2.24, 2.45) is 0 Å². The molecule has 1 fully saturated rings. The highest BCUT2D eigenvalue weighted by molar-refractivity contribution is 5.93. The Morgan fingerprint density at radius 1 is 0.889 bits per heavy atom. The normalized spacial score (nSPS) is 14.6. The predicted molar refractivity (Wildman–Crippen MR) is 105 cm³/mol. The van der Waals surface area contributed by atoms with Crippen molar-refractivity contribution in [1.82, 2.24) is 9.80 Å². The Balaban J connectivity index is 1.43. The molecule has 142 valence electrons. The maximum absolute atomic E-state index is 12.2. The quantitative estimate of drug-likeness (QED) is 0.853. The van der Waals surface area contributed by atoms with Crippen molar-refractivity contribution in [3.63, 3.8) is 0 Å². The molecule has 6 heteroatoms. The summed E-state index contributed by atoms with van der Waals surface area (Å²) in [6, 6.07) is 16.7. The number of piperazine rings is 1. The zero-order chi connectivity index (χ0) is 19.1. The Labute approximate surface area is 159 Å². The third kappa shape index (κ3) is 5.82. The summed E-state index contributed by atoms with van der Waals surface area (Å²) in [4.78, 5) is 28.3. The van der Waals surface area contributed by atoms with Gasteiger partial charge in [-0.2, -0.15) is 0 Å². The zero-order valence-electron chi connectivity index (χ0n) is 15.6. The second-order valence-corrected chi connectivity index (χ2v) is 6.67. The molecule has 1 saturated heterocycles. The van der Waals surface area contributed by atoms with Crippen LogP contribution in [0.5, 0.6) is 11.5 Å². The van der Waals surface area contributed by atoms with Crippen molar-refractivity contribution in [2.45, 2.75) is 12.8 Å². The fraction of sp³-hybridized carbons (Fsp3) is 0.333. The van der Waals surface area contributed by atoms with E-state index in [-0.39, 0.29) is 24.7 Å². The van der Waals surface area contributed by atoms with Crippen LogP contribution in [0.1, 0.15) is 12.8 Å². The van der Waals surface area contributed by atoms with Crippen LogP contribution in [0.25, 0.3) is 0 Å². The van der Waals surface area contributed by atoms with Crippen molar-refractivity contribution in [3.8, 4) is 11.5 Å². The highest BCUT2D eigenvalue weighted by Gasteiger charge is 2.19. The summed E-state index contributed by atoms with van der Waals surface area (Å²) in [6.07, 6.45) is 0.429. The van der Waals surface area contributed by atoms with Gasteiger partial charge >= 0.3 is 0 Å². The molecule has 0 saturated carbocycles. The number of amides is 2. The van der Waals surface area contributed by atoms with Gasteiger partial charge in [-0.15, -0.1) is 0 Å². The summed E-state index contributed by atoms with van der Waals surface area (Å²) in [5.41, 5.74) is 0.687. The van der Waals surface area contributed by atoms with Crippen molar-refractivity contribution in [1.29, 1.82) is 0 Å². The number of ether oxygens (including phenoxy) is 1. The van der Waals surface area contributed by atoms with Gasteiger partial charge in [0.15, 0.2) is 0 Å². The van der Waals surface area contributed by atoms with E-state index >= 15 is 0 Å². The van der Waals surface area contributed by atoms with E-state index in [0.29, 0.717) is 11.4 Å². The summed E-state index contributed by atoms with van der Waals surface area (Å²) in [5.74, 6) is 1.35. The molecule has 2 aromatic carbocycles. The molecular weight excluding hydrogens is 342 g/mol. The van der Waals surface area contributed by atoms with Gasteiger partial charge in [0.2, 0.25) is 11.8 Å². The Morgan fingerprint density at radius 2 is 1.52 bits per heavy atom. The molecule has 0 radical (unpaired) electrons. The SMILES string of the molecule is CN1CCN(C(=O)CCC(=O)Nc2ccc(Oc3ccccc3)cc2)CC1. The van der Waals surface area contributed by atoms with E-state index in [9.17, 15) is 9.59 Å². The first-order chi connectivity index (χ1) is 13.1. The number of hydrogen-bond acceptors (Lipinski definition) is 4. The van der Waals surface area contributed by atoms with Crippen molar-refractivity contribution in [3.05, 3.63) is 54.6 Å². The summed E-state index contributed by atoms with van der Waals surface area (Å²) in [7, 11) is 2.05. The Morgan fingerprint density at radius 3 is 2.19 bits per heavy atom. The van der Waals surface area contributed by atoms with Gasteiger partial charge in [-0.1, -0.05) is 18.2 Å². The molecule has 0 aliphatic carbocycles. The number of benzene rings is 2. The summed E-state index contributed by atoms with van der Waals surface area (Å²) >= 11 is 0. The van der Waals surface area contributed by atoms with Gasteiger partial charge in [0.25, 0.3) is 0 Å². The minimum atomic E-state index is -0.158. The lowest BCUT2D eigenvalue weighted by Gasteiger charge is -2.32. The summed E-state index contributed by atoms with van der Waals surface area (Å²) in [6.45, 7) is 3.24. The fourth-order valence-electron chi connectivity index (χ4n) is 2.89. The molecule has 0 unspecified atom stereocenters. The van der Waals surface area contributed by atoms with Crippen LogP contribution in [0.4, 0.5) is 5.69 Å². The standard InChI is InChI=1S/C21H25N3O3/c1-23-13-15-24(16-14-23)21(26)12-11-20(25)22-17-7-9-19(10-8-17)27-18-5-3-2-4-6-18/h2-10H,11-16H2,1H3,(H,22,25). The number of nitrogens with zero attached hydrogens (tertiary/aromatic N) is 2. The average molecular weight is 367 g/mol. The molecular formula is C21H25N3O3. The number of rotatable bonds is 6. The lowest BCUT2D eigenvalue weighted by molar-refractivity contribution is -0.134. The largest absolute Gasteiger partial charge is 0.457 e. The smallest absolute Gasteiger partial charge is 0.224 e. The minimum absolute atomic E-state index is 0.0462. The first kappa shape index (κ1) is 18.9. The number of nitrogens with one attached hydrogen (secondary N) is 1. The molecule has 0 atom stereocenters. The minimum Gasteiger partial charge on any atom is -0.457 e. The Bertz CT molecular complexity index is 754. The van der Waals surface area contributed by atoms with Crippen LogP contribution in [0.15, 0.2) is 54.6 Å². The molecule has 0 aromatic heterocycles. The van der Waals surface area contributed by atoms with Gasteiger partial charge in [0, 0.05) is 44.7 Å². The second kappa shape index (κ2) is 9.19. The zero-order valence-corrected chi connectivity index (χ0v) is 15.6. The number of para-hydroxylation sites is 1. The van der Waals surface area contributed by atoms with Gasteiger partial charge in [-0.25, -0.2) is 0 Å². The number of likely N-dealkylation sites (N-methyl/N-ethyl adjacent to an activating group) is 1. The monoisotopic (exact) mass is 367 g/mol. The van der Waals surface area contributed by atoms with Crippen LogP contribution in [0, 0.1) is 0 Å². The third-order valence-corrected chi connectivity index (χ3v) is 4.54. The summed E-state index contributed by atoms with van der Waals surface area (Å²) in [5, 5.41) is 2.82. The second-order valence-electron chi connectivity index (χ2n) is 6.67. The maximum Gasteiger partial charge on any atom is 0.224 e. The van der Waals surface area contributed by atoms with Gasteiger partial charge in [0.05, 0.1) is 0 Å². The van der Waals surface area contributed by atoms with Crippen molar-refractivity contribution < 1.29 is 14.3 Å². The Kier molecular flexibility index (Phi) is 6.44. The van der Waals surface area contributed by atoms with Gasteiger partial charge in [-0.3, -0.25) is 9.59 Å². The van der Waals surface area contributed by atoms with Gasteiger partial charge in [-0.05, 0) is 43.4 Å². The highest BCUT2D eigenvalue weighted by atomic mass is 16.5. The van der Waals surface area contributed by atoms with Crippen molar-refractivity contribution >= 4 is 17.5 Å². The van der Waals surface area contributed by atoms with E-state index in [1.54, 1.807) is 24.3 Å². The van der Waals surface area contributed by atoms with Crippen LogP contribution >= 0.6 is 0 Å². The molecule has 6 nitrogen and oxygen atoms in total. The number of carbonyl (C=O) groups excluding carboxylic acids is 2. The molecule has 1 aliphatic heterocycles. The van der Waals surface area contributed by atoms with E-state index in [2.05, 4.69) is 10.2 Å². The van der Waals surface area contributed by atoms with Crippen LogP contribution in [-0.2, 0) is 9.59 Å². The molecule has 1 heterocycles. The molecule has 1 aliphatic rings. The number of carbonyl (C=O) groups is 2.